The highest BCUT2D eigenvalue weighted by molar-refractivity contribution is 5.93. The molecule has 8 nitrogen and oxygen atoms in total. The molecule has 0 saturated heterocycles. The summed E-state index contributed by atoms with van der Waals surface area (Å²) in [5, 5.41) is 22.4. The van der Waals surface area contributed by atoms with Crippen molar-refractivity contribution in [2.75, 3.05) is 19.0 Å². The Labute approximate surface area is 120 Å². The van der Waals surface area contributed by atoms with Crippen molar-refractivity contribution in [3.8, 4) is 11.8 Å². The van der Waals surface area contributed by atoms with E-state index < -0.39 is 10.9 Å². The van der Waals surface area contributed by atoms with E-state index in [1.807, 2.05) is 0 Å². The van der Waals surface area contributed by atoms with Gasteiger partial charge in [-0.25, -0.2) is 4.79 Å². The Morgan fingerprint density at radius 2 is 2.29 bits per heavy atom. The minimum absolute atomic E-state index is 0.123. The van der Waals surface area contributed by atoms with Crippen molar-refractivity contribution in [2.24, 2.45) is 0 Å². The second kappa shape index (κ2) is 7.49. The van der Waals surface area contributed by atoms with Gasteiger partial charge in [-0.2, -0.15) is 5.26 Å². The number of nitriles is 1. The summed E-state index contributed by atoms with van der Waals surface area (Å²) < 4.78 is 9.58. The Hall–Kier alpha value is -3.08. The average molecular weight is 291 g/mol. The molecule has 0 aliphatic heterocycles. The summed E-state index contributed by atoms with van der Waals surface area (Å²) in [6.45, 7) is 1.73. The predicted octanol–water partition coefficient (Wildman–Crippen LogP) is 1.99. The van der Waals surface area contributed by atoms with E-state index in [1.165, 1.54) is 25.3 Å². The third-order valence-electron chi connectivity index (χ3n) is 2.39. The fourth-order valence-electron chi connectivity index (χ4n) is 1.41. The SMILES string of the molecule is CCOC(=O)/C(C#N)=C/Nc1ccc(OC)cc1[N+](=O)[O-]. The van der Waals surface area contributed by atoms with E-state index in [1.54, 1.807) is 13.0 Å². The number of nitro groups is 1. The molecule has 0 spiro atoms. The molecule has 0 heterocycles. The zero-order chi connectivity index (χ0) is 15.8. The quantitative estimate of drug-likeness (QED) is 0.280. The van der Waals surface area contributed by atoms with Gasteiger partial charge in [-0.1, -0.05) is 0 Å². The van der Waals surface area contributed by atoms with Crippen molar-refractivity contribution in [2.45, 2.75) is 6.92 Å². The van der Waals surface area contributed by atoms with Crippen LogP contribution in [0, 0.1) is 21.4 Å². The van der Waals surface area contributed by atoms with Gasteiger partial charge in [0.05, 0.1) is 24.7 Å². The summed E-state index contributed by atoms with van der Waals surface area (Å²) in [6.07, 6.45) is 1.06. The van der Waals surface area contributed by atoms with Gasteiger partial charge in [0.2, 0.25) is 0 Å². The van der Waals surface area contributed by atoms with Gasteiger partial charge < -0.3 is 14.8 Å². The lowest BCUT2D eigenvalue weighted by atomic mass is 10.2. The number of hydrogen-bond acceptors (Lipinski definition) is 7. The number of anilines is 1. The normalized spacial score (nSPS) is 10.4. The van der Waals surface area contributed by atoms with Crippen LogP contribution in [-0.2, 0) is 9.53 Å². The number of nitrogens with zero attached hydrogens (tertiary/aromatic N) is 2. The molecule has 1 aromatic rings. The lowest BCUT2D eigenvalue weighted by Gasteiger charge is -2.05. The van der Waals surface area contributed by atoms with Crippen LogP contribution in [-0.4, -0.2) is 24.6 Å². The molecule has 0 bridgehead atoms. The summed E-state index contributed by atoms with van der Waals surface area (Å²) in [4.78, 5) is 21.8. The molecule has 1 aromatic carbocycles. The molecule has 0 aliphatic rings. The first kappa shape index (κ1) is 16.0. The number of nitro benzene ring substituents is 1. The van der Waals surface area contributed by atoms with Gasteiger partial charge in [0.25, 0.3) is 5.69 Å². The van der Waals surface area contributed by atoms with Gasteiger partial charge in [-0.3, -0.25) is 10.1 Å². The van der Waals surface area contributed by atoms with Crippen LogP contribution in [0.5, 0.6) is 5.75 Å². The highest BCUT2D eigenvalue weighted by Crippen LogP contribution is 2.29. The van der Waals surface area contributed by atoms with Gasteiger partial charge in [0, 0.05) is 6.20 Å². The third-order valence-corrected chi connectivity index (χ3v) is 2.39. The number of nitrogens with one attached hydrogen (secondary N) is 1. The maximum atomic E-state index is 11.4. The number of hydrogen-bond donors (Lipinski definition) is 1. The maximum Gasteiger partial charge on any atom is 0.350 e. The van der Waals surface area contributed by atoms with Crippen molar-refractivity contribution < 1.29 is 19.2 Å². The standard InChI is InChI=1S/C13H13N3O5/c1-3-21-13(17)9(7-14)8-15-11-5-4-10(20-2)6-12(11)16(18)19/h4-6,8,15H,3H2,1-2H3/b9-8+. The molecule has 0 atom stereocenters. The van der Waals surface area contributed by atoms with Crippen LogP contribution in [0.1, 0.15) is 6.92 Å². The number of esters is 1. The smallest absolute Gasteiger partial charge is 0.350 e. The lowest BCUT2D eigenvalue weighted by molar-refractivity contribution is -0.384. The molecule has 0 saturated carbocycles. The molecule has 0 amide bonds. The predicted molar refractivity (Wildman–Crippen MR) is 73.6 cm³/mol. The van der Waals surface area contributed by atoms with E-state index in [9.17, 15) is 14.9 Å². The summed E-state index contributed by atoms with van der Waals surface area (Å²) >= 11 is 0. The van der Waals surface area contributed by atoms with E-state index >= 15 is 0 Å². The van der Waals surface area contributed by atoms with Crippen LogP contribution < -0.4 is 10.1 Å². The van der Waals surface area contributed by atoms with Crippen molar-refractivity contribution in [1.29, 1.82) is 5.26 Å². The molecule has 0 aromatic heterocycles. The van der Waals surface area contributed by atoms with Crippen molar-refractivity contribution >= 4 is 17.3 Å². The Balaban J connectivity index is 3.05. The van der Waals surface area contributed by atoms with Gasteiger partial charge in [0.15, 0.2) is 5.57 Å². The zero-order valence-corrected chi connectivity index (χ0v) is 11.5. The summed E-state index contributed by atoms with van der Waals surface area (Å²) in [6, 6.07) is 5.81. The highest BCUT2D eigenvalue weighted by Gasteiger charge is 2.15. The van der Waals surface area contributed by atoms with E-state index in [0.29, 0.717) is 5.75 Å². The highest BCUT2D eigenvalue weighted by atomic mass is 16.6. The van der Waals surface area contributed by atoms with Gasteiger partial charge in [-0.05, 0) is 19.1 Å². The monoisotopic (exact) mass is 291 g/mol. The number of methoxy groups -OCH3 is 1. The summed E-state index contributed by atoms with van der Waals surface area (Å²) in [7, 11) is 1.39. The maximum absolute atomic E-state index is 11.4. The lowest BCUT2D eigenvalue weighted by Crippen LogP contribution is -2.08. The Kier molecular flexibility index (Phi) is 5.70. The molecule has 21 heavy (non-hydrogen) atoms. The second-order valence-corrected chi connectivity index (χ2v) is 3.67. The van der Waals surface area contributed by atoms with Gasteiger partial charge >= 0.3 is 5.97 Å². The van der Waals surface area contributed by atoms with Crippen LogP contribution in [0.3, 0.4) is 0 Å². The summed E-state index contributed by atoms with van der Waals surface area (Å²) in [5.74, 6) is -0.481. The Bertz CT molecular complexity index is 619. The average Bonchev–Trinajstić information content (AvgIpc) is 2.48. The minimum Gasteiger partial charge on any atom is -0.496 e. The fourth-order valence-corrected chi connectivity index (χ4v) is 1.41. The Morgan fingerprint density at radius 1 is 1.57 bits per heavy atom. The number of benzene rings is 1. The summed E-state index contributed by atoms with van der Waals surface area (Å²) in [5.41, 5.74) is -0.411. The molecule has 0 unspecified atom stereocenters. The first-order valence-corrected chi connectivity index (χ1v) is 5.89. The van der Waals surface area contributed by atoms with E-state index in [-0.39, 0.29) is 23.6 Å². The minimum atomic E-state index is -0.802. The largest absolute Gasteiger partial charge is 0.496 e. The molecule has 8 heteroatoms. The van der Waals surface area contributed by atoms with Crippen LogP contribution in [0.25, 0.3) is 0 Å². The second-order valence-electron chi connectivity index (χ2n) is 3.67. The van der Waals surface area contributed by atoms with E-state index in [0.717, 1.165) is 6.20 Å². The molecule has 0 aliphatic carbocycles. The van der Waals surface area contributed by atoms with Crippen molar-refractivity contribution in [3.63, 3.8) is 0 Å². The topological polar surface area (TPSA) is 114 Å². The number of ether oxygens (including phenoxy) is 2. The molecular formula is C13H13N3O5. The fraction of sp³-hybridized carbons (Fsp3) is 0.231. The van der Waals surface area contributed by atoms with Crippen molar-refractivity contribution in [1.82, 2.24) is 0 Å². The van der Waals surface area contributed by atoms with Gasteiger partial charge in [0.1, 0.15) is 17.5 Å². The third kappa shape index (κ3) is 4.21. The Morgan fingerprint density at radius 3 is 2.81 bits per heavy atom. The molecule has 0 fully saturated rings. The molecule has 0 radical (unpaired) electrons. The molecule has 110 valence electrons. The number of carbonyl (C=O) groups is 1. The first-order chi connectivity index (χ1) is 10.0. The molecule has 1 N–H and O–H groups in total. The van der Waals surface area contributed by atoms with Crippen LogP contribution in [0.4, 0.5) is 11.4 Å². The van der Waals surface area contributed by atoms with Gasteiger partial charge in [-0.15, -0.1) is 0 Å². The zero-order valence-electron chi connectivity index (χ0n) is 11.5. The van der Waals surface area contributed by atoms with Crippen molar-refractivity contribution in [3.05, 3.63) is 40.1 Å². The van der Waals surface area contributed by atoms with E-state index in [4.69, 9.17) is 10.00 Å². The number of rotatable bonds is 6. The molecule has 1 rings (SSSR count). The van der Waals surface area contributed by atoms with Crippen LogP contribution in [0.2, 0.25) is 0 Å². The van der Waals surface area contributed by atoms with Crippen LogP contribution >= 0.6 is 0 Å². The molecular weight excluding hydrogens is 278 g/mol. The first-order valence-electron chi connectivity index (χ1n) is 5.89. The number of carbonyl (C=O) groups excluding carboxylic acids is 1. The van der Waals surface area contributed by atoms with Crippen LogP contribution in [0.15, 0.2) is 30.0 Å². The van der Waals surface area contributed by atoms with E-state index in [2.05, 4.69) is 10.1 Å².